The van der Waals surface area contributed by atoms with Gasteiger partial charge in [0.2, 0.25) is 0 Å². The second kappa shape index (κ2) is 4.20. The Bertz CT molecular complexity index is 393. The fraction of sp³-hybridized carbons (Fsp3) is 0.583. The highest BCUT2D eigenvalue weighted by Gasteiger charge is 2.33. The monoisotopic (exact) mass is 221 g/mol. The Hall–Kier alpha value is -1.45. The Labute approximate surface area is 96.0 Å². The maximum Gasteiger partial charge on any atom is 0.270 e. The summed E-state index contributed by atoms with van der Waals surface area (Å²) in [6, 6.07) is 2.22. The first-order valence-corrected chi connectivity index (χ1v) is 5.86. The van der Waals surface area contributed by atoms with Crippen LogP contribution in [-0.4, -0.2) is 28.0 Å². The molecule has 1 fully saturated rings. The number of nitrogens with two attached hydrogens (primary N) is 1. The highest BCUT2D eigenvalue weighted by atomic mass is 16.2. The minimum absolute atomic E-state index is 0.114. The van der Waals surface area contributed by atoms with E-state index in [2.05, 4.69) is 6.92 Å². The van der Waals surface area contributed by atoms with Gasteiger partial charge in [0, 0.05) is 25.8 Å². The van der Waals surface area contributed by atoms with Gasteiger partial charge in [0.15, 0.2) is 0 Å². The molecule has 0 aromatic carbocycles. The van der Waals surface area contributed by atoms with Crippen molar-refractivity contribution < 1.29 is 4.79 Å². The van der Waals surface area contributed by atoms with E-state index in [4.69, 9.17) is 5.73 Å². The van der Waals surface area contributed by atoms with E-state index in [0.29, 0.717) is 17.4 Å². The van der Waals surface area contributed by atoms with Crippen LogP contribution in [-0.2, 0) is 7.05 Å². The lowest BCUT2D eigenvalue weighted by molar-refractivity contribution is 0.0733. The molecule has 1 aromatic heterocycles. The summed E-state index contributed by atoms with van der Waals surface area (Å²) in [6.07, 6.45) is 5.07. The molecular formula is C12H19N3O. The highest BCUT2D eigenvalue weighted by molar-refractivity contribution is 5.94. The van der Waals surface area contributed by atoms with Gasteiger partial charge in [-0.15, -0.1) is 0 Å². The molecule has 1 aliphatic carbocycles. The average molecular weight is 221 g/mol. The second-order valence-electron chi connectivity index (χ2n) is 4.50. The second-order valence-corrected chi connectivity index (χ2v) is 4.50. The zero-order chi connectivity index (χ0) is 11.7. The largest absolute Gasteiger partial charge is 0.397 e. The summed E-state index contributed by atoms with van der Waals surface area (Å²) in [4.78, 5) is 14.3. The van der Waals surface area contributed by atoms with Crippen LogP contribution in [0.4, 0.5) is 5.69 Å². The SMILES string of the molecule is CCCN(C(=O)c1cc(N)cn1C)C1CC1. The summed E-state index contributed by atoms with van der Waals surface area (Å²) in [5, 5.41) is 0. The van der Waals surface area contributed by atoms with E-state index in [0.717, 1.165) is 25.8 Å². The molecule has 0 saturated heterocycles. The molecule has 0 unspecified atom stereocenters. The predicted molar refractivity (Wildman–Crippen MR) is 64.2 cm³/mol. The fourth-order valence-corrected chi connectivity index (χ4v) is 2.03. The van der Waals surface area contributed by atoms with Gasteiger partial charge in [0.25, 0.3) is 5.91 Å². The van der Waals surface area contributed by atoms with Crippen LogP contribution in [0.15, 0.2) is 12.3 Å². The molecule has 0 spiro atoms. The molecule has 2 N–H and O–H groups in total. The highest BCUT2D eigenvalue weighted by Crippen LogP contribution is 2.28. The third kappa shape index (κ3) is 2.05. The van der Waals surface area contributed by atoms with Gasteiger partial charge in [-0.25, -0.2) is 0 Å². The van der Waals surface area contributed by atoms with Crippen LogP contribution in [0, 0.1) is 0 Å². The van der Waals surface area contributed by atoms with Gasteiger partial charge >= 0.3 is 0 Å². The van der Waals surface area contributed by atoms with Crippen LogP contribution >= 0.6 is 0 Å². The lowest BCUT2D eigenvalue weighted by atomic mass is 10.3. The van der Waals surface area contributed by atoms with Crippen molar-refractivity contribution >= 4 is 11.6 Å². The molecule has 4 heteroatoms. The topological polar surface area (TPSA) is 51.3 Å². The molecule has 0 bridgehead atoms. The van der Waals surface area contributed by atoms with Crippen molar-refractivity contribution in [3.63, 3.8) is 0 Å². The molecule has 4 nitrogen and oxygen atoms in total. The number of aryl methyl sites for hydroxylation is 1. The molecule has 2 rings (SSSR count). The third-order valence-electron chi connectivity index (χ3n) is 2.96. The molecule has 0 radical (unpaired) electrons. The van der Waals surface area contributed by atoms with Gasteiger partial charge in [0.05, 0.1) is 5.69 Å². The van der Waals surface area contributed by atoms with Crippen LogP contribution in [0.25, 0.3) is 0 Å². The Kier molecular flexibility index (Phi) is 2.90. The number of nitrogens with zero attached hydrogens (tertiary/aromatic N) is 2. The minimum Gasteiger partial charge on any atom is -0.397 e. The molecule has 16 heavy (non-hydrogen) atoms. The van der Waals surface area contributed by atoms with E-state index in [-0.39, 0.29) is 5.91 Å². The first kappa shape index (κ1) is 11.0. The number of carbonyl (C=O) groups is 1. The van der Waals surface area contributed by atoms with Gasteiger partial charge in [-0.3, -0.25) is 4.79 Å². The Morgan fingerprint density at radius 1 is 1.62 bits per heavy atom. The summed E-state index contributed by atoms with van der Waals surface area (Å²) in [7, 11) is 1.86. The number of nitrogen functional groups attached to an aromatic ring is 1. The lowest BCUT2D eigenvalue weighted by Gasteiger charge is -2.21. The van der Waals surface area contributed by atoms with Gasteiger partial charge in [-0.05, 0) is 25.3 Å². The Morgan fingerprint density at radius 2 is 2.31 bits per heavy atom. The predicted octanol–water partition coefficient (Wildman–Crippen LogP) is 1.62. The number of aromatic nitrogens is 1. The Morgan fingerprint density at radius 3 is 2.75 bits per heavy atom. The number of carbonyl (C=O) groups excluding carboxylic acids is 1. The van der Waals surface area contributed by atoms with Gasteiger partial charge in [-0.2, -0.15) is 0 Å². The maximum atomic E-state index is 12.3. The van der Waals surface area contributed by atoms with E-state index in [9.17, 15) is 4.79 Å². The summed E-state index contributed by atoms with van der Waals surface area (Å²) >= 11 is 0. The molecule has 1 aliphatic rings. The van der Waals surface area contributed by atoms with Crippen LogP contribution in [0.3, 0.4) is 0 Å². The molecule has 0 atom stereocenters. The molecule has 1 saturated carbocycles. The van der Waals surface area contributed by atoms with Crippen molar-refractivity contribution in [2.75, 3.05) is 12.3 Å². The molecule has 88 valence electrons. The van der Waals surface area contributed by atoms with Crippen molar-refractivity contribution in [2.45, 2.75) is 32.2 Å². The van der Waals surface area contributed by atoms with E-state index < -0.39 is 0 Å². The van der Waals surface area contributed by atoms with E-state index in [1.165, 1.54) is 0 Å². The molecule has 1 amide bonds. The van der Waals surface area contributed by atoms with Gasteiger partial charge in [0.1, 0.15) is 5.69 Å². The third-order valence-corrected chi connectivity index (χ3v) is 2.96. The van der Waals surface area contributed by atoms with Crippen LogP contribution in [0.5, 0.6) is 0 Å². The zero-order valence-corrected chi connectivity index (χ0v) is 9.94. The molecule has 1 heterocycles. The summed E-state index contributed by atoms with van der Waals surface area (Å²) < 4.78 is 1.81. The smallest absolute Gasteiger partial charge is 0.270 e. The van der Waals surface area contributed by atoms with Crippen LogP contribution in [0.2, 0.25) is 0 Å². The molecule has 0 aliphatic heterocycles. The van der Waals surface area contributed by atoms with Crippen molar-refractivity contribution in [1.29, 1.82) is 0 Å². The standard InChI is InChI=1S/C12H19N3O/c1-3-6-15(10-4-5-10)12(16)11-7-9(13)8-14(11)2/h7-8,10H,3-6,13H2,1-2H3. The average Bonchev–Trinajstić information content (AvgIpc) is 3.00. The first-order chi connectivity index (χ1) is 7.63. The van der Waals surface area contributed by atoms with Crippen molar-refractivity contribution in [1.82, 2.24) is 9.47 Å². The van der Waals surface area contributed by atoms with Crippen LogP contribution in [0.1, 0.15) is 36.7 Å². The van der Waals surface area contributed by atoms with Crippen LogP contribution < -0.4 is 5.73 Å². The normalized spacial score (nSPS) is 15.1. The van der Waals surface area contributed by atoms with Crippen molar-refractivity contribution in [3.05, 3.63) is 18.0 Å². The summed E-state index contributed by atoms with van der Waals surface area (Å²) in [5.74, 6) is 0.114. The maximum absolute atomic E-state index is 12.3. The number of rotatable bonds is 4. The van der Waals surface area contributed by atoms with Gasteiger partial charge < -0.3 is 15.2 Å². The lowest BCUT2D eigenvalue weighted by Crippen LogP contribution is -2.34. The number of hydrogen-bond donors (Lipinski definition) is 1. The summed E-state index contributed by atoms with van der Waals surface area (Å²) in [6.45, 7) is 2.94. The number of hydrogen-bond acceptors (Lipinski definition) is 2. The van der Waals surface area contributed by atoms with E-state index in [1.807, 2.05) is 16.5 Å². The molecular weight excluding hydrogens is 202 g/mol. The fourth-order valence-electron chi connectivity index (χ4n) is 2.03. The quantitative estimate of drug-likeness (QED) is 0.840. The van der Waals surface area contributed by atoms with Gasteiger partial charge in [-0.1, -0.05) is 6.92 Å². The Balaban J connectivity index is 2.18. The van der Waals surface area contributed by atoms with E-state index >= 15 is 0 Å². The van der Waals surface area contributed by atoms with Crippen molar-refractivity contribution in [3.8, 4) is 0 Å². The minimum atomic E-state index is 0.114. The molecule has 1 aromatic rings. The zero-order valence-electron chi connectivity index (χ0n) is 9.94. The summed E-state index contributed by atoms with van der Waals surface area (Å²) in [5.41, 5.74) is 7.03. The first-order valence-electron chi connectivity index (χ1n) is 5.86. The van der Waals surface area contributed by atoms with E-state index in [1.54, 1.807) is 12.3 Å². The van der Waals surface area contributed by atoms with Crippen molar-refractivity contribution in [2.24, 2.45) is 7.05 Å². The number of anilines is 1. The number of amides is 1.